The third-order valence-corrected chi connectivity index (χ3v) is 5.77. The van der Waals surface area contributed by atoms with Gasteiger partial charge in [-0.15, -0.1) is 0 Å². The molecule has 1 atom stereocenters. The van der Waals surface area contributed by atoms with Crippen molar-refractivity contribution in [1.29, 1.82) is 5.26 Å². The zero-order chi connectivity index (χ0) is 19.4. The van der Waals surface area contributed by atoms with Gasteiger partial charge in [0, 0.05) is 5.69 Å². The Bertz CT molecular complexity index is 905. The number of hydrogen-bond acceptors (Lipinski definition) is 5. The SMILES string of the molecule is CCOc1ccccc1NC(=O)C(C)Sc1nc2c(c(C)c1C#N)CCC2. The van der Waals surface area contributed by atoms with E-state index in [2.05, 4.69) is 11.4 Å². The van der Waals surface area contributed by atoms with Gasteiger partial charge in [-0.1, -0.05) is 23.9 Å². The second-order valence-electron chi connectivity index (χ2n) is 6.49. The molecule has 1 N–H and O–H groups in total. The Morgan fingerprint density at radius 1 is 1.41 bits per heavy atom. The number of aromatic nitrogens is 1. The lowest BCUT2D eigenvalue weighted by Crippen LogP contribution is -2.23. The first kappa shape index (κ1) is 19.2. The number of nitrogens with one attached hydrogen (secondary N) is 1. The van der Waals surface area contributed by atoms with Gasteiger partial charge < -0.3 is 10.1 Å². The van der Waals surface area contributed by atoms with E-state index < -0.39 is 5.25 Å². The van der Waals surface area contributed by atoms with Crippen LogP contribution in [0.4, 0.5) is 5.69 Å². The lowest BCUT2D eigenvalue weighted by Gasteiger charge is -2.16. The normalized spacial score (nSPS) is 13.6. The summed E-state index contributed by atoms with van der Waals surface area (Å²) in [5.41, 5.74) is 4.53. The Morgan fingerprint density at radius 3 is 2.93 bits per heavy atom. The highest BCUT2D eigenvalue weighted by atomic mass is 32.2. The van der Waals surface area contributed by atoms with Gasteiger partial charge in [-0.05, 0) is 63.3 Å². The zero-order valence-electron chi connectivity index (χ0n) is 15.8. The number of nitrogens with zero attached hydrogens (tertiary/aromatic N) is 2. The molecule has 0 saturated carbocycles. The highest BCUT2D eigenvalue weighted by Gasteiger charge is 2.24. The molecular weight excluding hydrogens is 358 g/mol. The summed E-state index contributed by atoms with van der Waals surface area (Å²) in [5, 5.41) is 12.8. The van der Waals surface area contributed by atoms with Crippen molar-refractivity contribution in [3.8, 4) is 11.8 Å². The van der Waals surface area contributed by atoms with E-state index >= 15 is 0 Å². The van der Waals surface area contributed by atoms with E-state index in [9.17, 15) is 10.1 Å². The number of pyridine rings is 1. The molecule has 1 heterocycles. The van der Waals surface area contributed by atoms with Crippen molar-refractivity contribution >= 4 is 23.4 Å². The summed E-state index contributed by atoms with van der Waals surface area (Å²) in [5.74, 6) is 0.505. The van der Waals surface area contributed by atoms with Crippen molar-refractivity contribution in [2.45, 2.75) is 50.3 Å². The zero-order valence-corrected chi connectivity index (χ0v) is 16.7. The van der Waals surface area contributed by atoms with Crippen LogP contribution < -0.4 is 10.1 Å². The van der Waals surface area contributed by atoms with Crippen LogP contribution in [0.3, 0.4) is 0 Å². The Kier molecular flexibility index (Phi) is 6.02. The molecule has 0 saturated heterocycles. The van der Waals surface area contributed by atoms with E-state index in [0.717, 1.165) is 30.5 Å². The van der Waals surface area contributed by atoms with E-state index in [1.807, 2.05) is 45.0 Å². The van der Waals surface area contributed by atoms with E-state index in [0.29, 0.717) is 28.6 Å². The Balaban J connectivity index is 1.78. The third-order valence-electron chi connectivity index (χ3n) is 4.68. The van der Waals surface area contributed by atoms with Crippen LogP contribution in [0.1, 0.15) is 42.7 Å². The molecule has 0 radical (unpaired) electrons. The van der Waals surface area contributed by atoms with Crippen LogP contribution in [0, 0.1) is 18.3 Å². The Labute approximate surface area is 164 Å². The van der Waals surface area contributed by atoms with Gasteiger partial charge in [-0.25, -0.2) is 4.98 Å². The number of fused-ring (bicyclic) bond motifs is 1. The minimum absolute atomic E-state index is 0.143. The molecule has 6 heteroatoms. The van der Waals surface area contributed by atoms with Crippen LogP contribution in [0.5, 0.6) is 5.75 Å². The average molecular weight is 382 g/mol. The quantitative estimate of drug-likeness (QED) is 0.757. The summed E-state index contributed by atoms with van der Waals surface area (Å²) in [6, 6.07) is 9.65. The van der Waals surface area contributed by atoms with Crippen LogP contribution >= 0.6 is 11.8 Å². The maximum absolute atomic E-state index is 12.7. The van der Waals surface area contributed by atoms with Gasteiger partial charge >= 0.3 is 0 Å². The summed E-state index contributed by atoms with van der Waals surface area (Å²) < 4.78 is 5.56. The smallest absolute Gasteiger partial charge is 0.237 e. The standard InChI is InChI=1S/C21H23N3O2S/c1-4-26-19-11-6-5-9-18(19)23-20(25)14(3)27-21-16(12-22)13(2)15-8-7-10-17(15)24-21/h5-6,9,11,14H,4,7-8,10H2,1-3H3,(H,23,25). The van der Waals surface area contributed by atoms with Gasteiger partial charge in [0.05, 0.1) is 23.1 Å². The molecular formula is C21H23N3O2S. The molecule has 1 aromatic carbocycles. The molecule has 0 fully saturated rings. The fraction of sp³-hybridized carbons (Fsp3) is 0.381. The number of carbonyl (C=O) groups excluding carboxylic acids is 1. The van der Waals surface area contributed by atoms with E-state index in [-0.39, 0.29) is 5.91 Å². The molecule has 1 aliphatic rings. The molecule has 27 heavy (non-hydrogen) atoms. The first-order valence-corrected chi connectivity index (χ1v) is 10.0. The molecule has 1 aromatic heterocycles. The third kappa shape index (κ3) is 4.09. The Morgan fingerprint density at radius 2 is 2.19 bits per heavy atom. The average Bonchev–Trinajstić information content (AvgIpc) is 3.12. The maximum Gasteiger partial charge on any atom is 0.237 e. The number of rotatable bonds is 6. The van der Waals surface area contributed by atoms with Crippen LogP contribution in [-0.4, -0.2) is 22.7 Å². The van der Waals surface area contributed by atoms with Crippen molar-refractivity contribution in [2.24, 2.45) is 0 Å². The fourth-order valence-electron chi connectivity index (χ4n) is 3.27. The molecule has 0 bridgehead atoms. The lowest BCUT2D eigenvalue weighted by atomic mass is 10.0. The van der Waals surface area contributed by atoms with E-state index in [1.54, 1.807) is 0 Å². The summed E-state index contributed by atoms with van der Waals surface area (Å²) in [7, 11) is 0. The summed E-state index contributed by atoms with van der Waals surface area (Å²) in [6.07, 6.45) is 3.00. The van der Waals surface area contributed by atoms with Crippen LogP contribution in [-0.2, 0) is 17.6 Å². The monoisotopic (exact) mass is 381 g/mol. The number of anilines is 1. The molecule has 140 valence electrons. The van der Waals surface area contributed by atoms with Gasteiger partial charge in [0.15, 0.2) is 0 Å². The molecule has 0 aliphatic heterocycles. The first-order chi connectivity index (χ1) is 13.0. The number of nitriles is 1. The molecule has 1 unspecified atom stereocenters. The number of ether oxygens (including phenoxy) is 1. The largest absolute Gasteiger partial charge is 0.492 e. The predicted octanol–water partition coefficient (Wildman–Crippen LogP) is 4.27. The van der Waals surface area contributed by atoms with Crippen molar-refractivity contribution < 1.29 is 9.53 Å². The van der Waals surface area contributed by atoms with Gasteiger partial charge in [0.1, 0.15) is 16.8 Å². The number of aryl methyl sites for hydroxylation is 1. The van der Waals surface area contributed by atoms with Crippen molar-refractivity contribution in [3.63, 3.8) is 0 Å². The fourth-order valence-corrected chi connectivity index (χ4v) is 4.25. The number of hydrogen-bond donors (Lipinski definition) is 1. The minimum atomic E-state index is -0.391. The summed E-state index contributed by atoms with van der Waals surface area (Å²) in [6.45, 7) is 6.25. The second-order valence-corrected chi connectivity index (χ2v) is 7.82. The highest BCUT2D eigenvalue weighted by Crippen LogP contribution is 2.34. The lowest BCUT2D eigenvalue weighted by molar-refractivity contribution is -0.115. The van der Waals surface area contributed by atoms with Crippen molar-refractivity contribution in [2.75, 3.05) is 11.9 Å². The number of thioether (sulfide) groups is 1. The van der Waals surface area contributed by atoms with Gasteiger partial charge in [-0.3, -0.25) is 4.79 Å². The van der Waals surface area contributed by atoms with Crippen LogP contribution in [0.2, 0.25) is 0 Å². The second kappa shape index (κ2) is 8.45. The highest BCUT2D eigenvalue weighted by molar-refractivity contribution is 8.00. The Hall–Kier alpha value is -2.52. The number of benzene rings is 1. The van der Waals surface area contributed by atoms with Crippen LogP contribution in [0.25, 0.3) is 0 Å². The summed E-state index contributed by atoms with van der Waals surface area (Å²) in [4.78, 5) is 17.4. The van der Waals surface area contributed by atoms with E-state index in [4.69, 9.17) is 9.72 Å². The molecule has 1 amide bonds. The van der Waals surface area contributed by atoms with Gasteiger partial charge in [0.25, 0.3) is 0 Å². The predicted molar refractivity (Wildman–Crippen MR) is 107 cm³/mol. The van der Waals surface area contributed by atoms with Gasteiger partial charge in [0.2, 0.25) is 5.91 Å². The molecule has 0 spiro atoms. The van der Waals surface area contributed by atoms with Crippen molar-refractivity contribution in [3.05, 3.63) is 46.6 Å². The first-order valence-electron chi connectivity index (χ1n) is 9.17. The molecule has 1 aliphatic carbocycles. The number of amides is 1. The van der Waals surface area contributed by atoms with Gasteiger partial charge in [-0.2, -0.15) is 5.26 Å². The van der Waals surface area contributed by atoms with Crippen molar-refractivity contribution in [1.82, 2.24) is 4.98 Å². The maximum atomic E-state index is 12.7. The molecule has 2 aromatic rings. The molecule has 3 rings (SSSR count). The number of carbonyl (C=O) groups is 1. The topological polar surface area (TPSA) is 75.0 Å². The van der Waals surface area contributed by atoms with E-state index in [1.165, 1.54) is 17.3 Å². The summed E-state index contributed by atoms with van der Waals surface area (Å²) >= 11 is 1.34. The van der Waals surface area contributed by atoms with Crippen LogP contribution in [0.15, 0.2) is 29.3 Å². The minimum Gasteiger partial charge on any atom is -0.492 e. The number of para-hydroxylation sites is 2. The molecule has 5 nitrogen and oxygen atoms in total.